The zero-order valence-electron chi connectivity index (χ0n) is 7.28. The van der Waals surface area contributed by atoms with Crippen LogP contribution in [0.3, 0.4) is 0 Å². The Balaban J connectivity index is 2.32. The zero-order chi connectivity index (χ0) is 10.1. The van der Waals surface area contributed by atoms with Crippen molar-refractivity contribution >= 4 is 23.2 Å². The van der Waals surface area contributed by atoms with Crippen LogP contribution < -0.4 is 4.90 Å². The number of carbonyl (C=O) groups is 1. The van der Waals surface area contributed by atoms with Gasteiger partial charge in [-0.25, -0.2) is 4.98 Å². The number of hydrogen-bond donors (Lipinski definition) is 0. The highest BCUT2D eigenvalue weighted by Crippen LogP contribution is 2.25. The first-order valence-corrected chi connectivity index (χ1v) is 4.67. The largest absolute Gasteiger partial charge is 0.307 e. The van der Waals surface area contributed by atoms with E-state index in [1.165, 1.54) is 17.2 Å². The molecule has 0 spiro atoms. The predicted molar refractivity (Wildman–Crippen MR) is 50.8 cm³/mol. The van der Waals surface area contributed by atoms with Crippen LogP contribution in [0.2, 0.25) is 0 Å². The lowest BCUT2D eigenvalue weighted by atomic mass is 10.4. The average Bonchev–Trinajstić information content (AvgIpc) is 2.46. The van der Waals surface area contributed by atoms with E-state index in [9.17, 15) is 9.18 Å². The summed E-state index contributed by atoms with van der Waals surface area (Å²) in [6.07, 6.45) is 1.60. The Morgan fingerprint density at radius 2 is 2.43 bits per heavy atom. The van der Waals surface area contributed by atoms with Gasteiger partial charge >= 0.3 is 0 Å². The van der Waals surface area contributed by atoms with E-state index in [4.69, 9.17) is 11.6 Å². The van der Waals surface area contributed by atoms with Crippen molar-refractivity contribution in [1.29, 1.82) is 0 Å². The highest BCUT2D eigenvalue weighted by Gasteiger charge is 2.30. The van der Waals surface area contributed by atoms with Crippen LogP contribution in [0.1, 0.15) is 6.42 Å². The summed E-state index contributed by atoms with van der Waals surface area (Å²) >= 11 is 5.80. The Labute approximate surface area is 85.5 Å². The van der Waals surface area contributed by atoms with Crippen molar-refractivity contribution in [2.24, 2.45) is 0 Å². The van der Waals surface area contributed by atoms with Crippen LogP contribution in [0.25, 0.3) is 0 Å². The molecule has 0 N–H and O–H groups in total. The summed E-state index contributed by atoms with van der Waals surface area (Å²) in [6.45, 7) is 0.350. The van der Waals surface area contributed by atoms with Gasteiger partial charge in [0.1, 0.15) is 0 Å². The first kappa shape index (κ1) is 9.40. The lowest BCUT2D eigenvalue weighted by Gasteiger charge is -2.15. The molecule has 1 atom stereocenters. The first-order valence-electron chi connectivity index (χ1n) is 4.23. The predicted octanol–water partition coefficient (Wildman–Crippen LogP) is 1.56. The summed E-state index contributed by atoms with van der Waals surface area (Å²) in [4.78, 5) is 16.2. The molecule has 1 aromatic heterocycles. The summed E-state index contributed by atoms with van der Waals surface area (Å²) in [6, 6.07) is 3.11. The van der Waals surface area contributed by atoms with Crippen molar-refractivity contribution in [3.8, 4) is 0 Å². The molecule has 1 aromatic rings. The van der Waals surface area contributed by atoms with Crippen molar-refractivity contribution in [1.82, 2.24) is 4.98 Å². The zero-order valence-corrected chi connectivity index (χ0v) is 8.04. The van der Waals surface area contributed by atoms with Crippen molar-refractivity contribution < 1.29 is 9.18 Å². The molecule has 1 aliphatic heterocycles. The van der Waals surface area contributed by atoms with Gasteiger partial charge in [0.25, 0.3) is 0 Å². The second-order valence-corrected chi connectivity index (χ2v) is 3.74. The lowest BCUT2D eigenvalue weighted by molar-refractivity contribution is -0.117. The van der Waals surface area contributed by atoms with Crippen LogP contribution >= 0.6 is 11.6 Å². The maximum absolute atomic E-state index is 13.2. The Morgan fingerprint density at radius 1 is 1.64 bits per heavy atom. The summed E-state index contributed by atoms with van der Waals surface area (Å²) in [5.41, 5.74) is 0.209. The maximum atomic E-state index is 13.2. The Bertz CT molecular complexity index is 372. The molecule has 1 saturated heterocycles. The van der Waals surface area contributed by atoms with E-state index in [0.29, 0.717) is 6.54 Å². The first-order chi connectivity index (χ1) is 6.68. The molecule has 1 amide bonds. The summed E-state index contributed by atoms with van der Waals surface area (Å²) in [5, 5.41) is -0.234. The minimum atomic E-state index is -0.633. The van der Waals surface area contributed by atoms with Crippen LogP contribution in [-0.2, 0) is 4.79 Å². The summed E-state index contributed by atoms with van der Waals surface area (Å²) in [5.74, 6) is -0.788. The Hall–Kier alpha value is -1.16. The molecule has 5 heteroatoms. The molecule has 2 rings (SSSR count). The number of alkyl halides is 1. The minimum absolute atomic E-state index is 0.156. The van der Waals surface area contributed by atoms with E-state index in [0.717, 1.165) is 0 Å². The topological polar surface area (TPSA) is 33.2 Å². The second-order valence-electron chi connectivity index (χ2n) is 3.12. The third-order valence-electron chi connectivity index (χ3n) is 2.11. The van der Waals surface area contributed by atoms with E-state index in [1.54, 1.807) is 6.07 Å². The molecule has 3 nitrogen and oxygen atoms in total. The summed E-state index contributed by atoms with van der Waals surface area (Å²) in [7, 11) is 0. The molecule has 1 aliphatic rings. The number of amides is 1. The number of anilines is 1. The Morgan fingerprint density at radius 3 is 3.00 bits per heavy atom. The molecular weight excluding hydrogens is 207 g/mol. The van der Waals surface area contributed by atoms with Crippen LogP contribution in [0.4, 0.5) is 10.1 Å². The number of nitrogens with zero attached hydrogens (tertiary/aromatic N) is 2. The van der Waals surface area contributed by atoms with Gasteiger partial charge in [0, 0.05) is 19.2 Å². The average molecular weight is 215 g/mol. The lowest BCUT2D eigenvalue weighted by Crippen LogP contribution is -2.25. The third kappa shape index (κ3) is 1.57. The minimum Gasteiger partial charge on any atom is -0.307 e. The molecule has 0 bridgehead atoms. The van der Waals surface area contributed by atoms with Gasteiger partial charge in [-0.2, -0.15) is 4.39 Å². The molecule has 14 heavy (non-hydrogen) atoms. The number of carbonyl (C=O) groups excluding carboxylic acids is 1. The standard InChI is InChI=1S/C9H8ClFN2O/c10-6-4-8(14)13(5-6)7-2-1-3-12-9(7)11/h1-3,6H,4-5H2. The van der Waals surface area contributed by atoms with Crippen LogP contribution in [0, 0.1) is 5.95 Å². The number of aromatic nitrogens is 1. The van der Waals surface area contributed by atoms with Crippen molar-refractivity contribution in [3.05, 3.63) is 24.3 Å². The number of rotatable bonds is 1. The van der Waals surface area contributed by atoms with Gasteiger partial charge in [-0.05, 0) is 12.1 Å². The van der Waals surface area contributed by atoms with Gasteiger partial charge in [0.2, 0.25) is 11.9 Å². The normalized spacial score (nSPS) is 21.7. The van der Waals surface area contributed by atoms with Gasteiger partial charge in [0.15, 0.2) is 0 Å². The molecule has 74 valence electrons. The molecular formula is C9H8ClFN2O. The Kier molecular flexibility index (Phi) is 2.37. The van der Waals surface area contributed by atoms with Crippen molar-refractivity contribution in [3.63, 3.8) is 0 Å². The molecule has 1 fully saturated rings. The highest BCUT2D eigenvalue weighted by molar-refractivity contribution is 6.24. The van der Waals surface area contributed by atoms with E-state index >= 15 is 0 Å². The third-order valence-corrected chi connectivity index (χ3v) is 2.40. The fourth-order valence-corrected chi connectivity index (χ4v) is 1.75. The van der Waals surface area contributed by atoms with Crippen molar-refractivity contribution in [2.45, 2.75) is 11.8 Å². The number of halogens is 2. The molecule has 0 aromatic carbocycles. The van der Waals surface area contributed by atoms with E-state index in [2.05, 4.69) is 4.98 Å². The van der Waals surface area contributed by atoms with E-state index < -0.39 is 5.95 Å². The van der Waals surface area contributed by atoms with Gasteiger partial charge in [-0.3, -0.25) is 4.79 Å². The summed E-state index contributed by atoms with van der Waals surface area (Å²) < 4.78 is 13.2. The highest BCUT2D eigenvalue weighted by atomic mass is 35.5. The maximum Gasteiger partial charge on any atom is 0.236 e. The molecule has 0 aliphatic carbocycles. The number of hydrogen-bond acceptors (Lipinski definition) is 2. The van der Waals surface area contributed by atoms with Crippen LogP contribution in [0.15, 0.2) is 18.3 Å². The molecule has 2 heterocycles. The van der Waals surface area contributed by atoms with Crippen molar-refractivity contribution in [2.75, 3.05) is 11.4 Å². The number of pyridine rings is 1. The van der Waals surface area contributed by atoms with E-state index in [-0.39, 0.29) is 23.4 Å². The monoisotopic (exact) mass is 214 g/mol. The quantitative estimate of drug-likeness (QED) is 0.525. The smallest absolute Gasteiger partial charge is 0.236 e. The van der Waals surface area contributed by atoms with Gasteiger partial charge in [-0.1, -0.05) is 0 Å². The molecule has 1 unspecified atom stereocenters. The molecule has 0 saturated carbocycles. The fourth-order valence-electron chi connectivity index (χ4n) is 1.48. The van der Waals surface area contributed by atoms with Gasteiger partial charge in [0.05, 0.1) is 11.1 Å². The van der Waals surface area contributed by atoms with Crippen LogP contribution in [0.5, 0.6) is 0 Å². The van der Waals surface area contributed by atoms with E-state index in [1.807, 2.05) is 0 Å². The van der Waals surface area contributed by atoms with Gasteiger partial charge in [-0.15, -0.1) is 11.6 Å². The second kappa shape index (κ2) is 3.53. The SMILES string of the molecule is O=C1CC(Cl)CN1c1cccnc1F. The molecule has 0 radical (unpaired) electrons. The van der Waals surface area contributed by atoms with Gasteiger partial charge < -0.3 is 4.90 Å². The van der Waals surface area contributed by atoms with Crippen LogP contribution in [-0.4, -0.2) is 22.8 Å². The fraction of sp³-hybridized carbons (Fsp3) is 0.333.